The van der Waals surface area contributed by atoms with Gasteiger partial charge in [0.25, 0.3) is 5.91 Å². The Morgan fingerprint density at radius 1 is 1.35 bits per heavy atom. The van der Waals surface area contributed by atoms with Gasteiger partial charge in [0.2, 0.25) is 0 Å². The number of nitrogens with one attached hydrogen (secondary N) is 1. The van der Waals surface area contributed by atoms with Crippen molar-refractivity contribution in [2.24, 2.45) is 0 Å². The molecular weight excluding hydrogens is 308 g/mol. The summed E-state index contributed by atoms with van der Waals surface area (Å²) in [6, 6.07) is 1.96. The molecule has 20 heavy (non-hydrogen) atoms. The van der Waals surface area contributed by atoms with Crippen LogP contribution >= 0.6 is 23.2 Å². The van der Waals surface area contributed by atoms with Gasteiger partial charge in [0, 0.05) is 6.04 Å². The molecule has 1 N–H and O–H groups in total. The van der Waals surface area contributed by atoms with Gasteiger partial charge in [-0.1, -0.05) is 30.1 Å². The zero-order chi connectivity index (χ0) is 15.3. The van der Waals surface area contributed by atoms with Gasteiger partial charge in [-0.05, 0) is 25.5 Å². The largest absolute Gasteiger partial charge is 0.452 e. The Morgan fingerprint density at radius 3 is 2.60 bits per heavy atom. The van der Waals surface area contributed by atoms with E-state index in [1.807, 2.05) is 13.8 Å². The highest BCUT2D eigenvalue weighted by Crippen LogP contribution is 2.24. The molecule has 1 atom stereocenters. The Hall–Kier alpha value is -1.33. The van der Waals surface area contributed by atoms with Crippen molar-refractivity contribution < 1.29 is 18.7 Å². The quantitative estimate of drug-likeness (QED) is 0.669. The Balaban J connectivity index is 2.64. The highest BCUT2D eigenvalue weighted by molar-refractivity contribution is 6.36. The van der Waals surface area contributed by atoms with Crippen LogP contribution in [0.15, 0.2) is 12.1 Å². The van der Waals surface area contributed by atoms with Gasteiger partial charge in [-0.25, -0.2) is 9.18 Å². The summed E-state index contributed by atoms with van der Waals surface area (Å²) in [5, 5.41) is 2.40. The Morgan fingerprint density at radius 2 is 2.00 bits per heavy atom. The van der Waals surface area contributed by atoms with Crippen molar-refractivity contribution in [2.75, 3.05) is 6.61 Å². The number of carbonyl (C=O) groups excluding carboxylic acids is 2. The van der Waals surface area contributed by atoms with Crippen molar-refractivity contribution in [1.82, 2.24) is 5.32 Å². The molecule has 0 aromatic heterocycles. The minimum atomic E-state index is -0.884. The first kappa shape index (κ1) is 16.7. The third-order valence-corrected chi connectivity index (χ3v) is 3.19. The van der Waals surface area contributed by atoms with Gasteiger partial charge in [0.1, 0.15) is 5.82 Å². The molecule has 0 aliphatic rings. The van der Waals surface area contributed by atoms with Crippen LogP contribution in [0.1, 0.15) is 30.6 Å². The lowest BCUT2D eigenvalue weighted by Crippen LogP contribution is -2.35. The smallest absolute Gasteiger partial charge is 0.340 e. The maximum Gasteiger partial charge on any atom is 0.340 e. The zero-order valence-electron chi connectivity index (χ0n) is 11.0. The van der Waals surface area contributed by atoms with E-state index in [2.05, 4.69) is 5.32 Å². The molecular formula is C13H14Cl2FNO3. The molecule has 0 fully saturated rings. The van der Waals surface area contributed by atoms with Crippen molar-refractivity contribution in [3.63, 3.8) is 0 Å². The molecule has 0 unspecified atom stereocenters. The molecule has 0 spiro atoms. The molecule has 0 aliphatic carbocycles. The van der Waals surface area contributed by atoms with Gasteiger partial charge in [0.05, 0.1) is 15.6 Å². The maximum absolute atomic E-state index is 13.3. The molecule has 0 saturated heterocycles. The second kappa shape index (κ2) is 7.45. The molecule has 4 nitrogen and oxygen atoms in total. The number of rotatable bonds is 5. The third kappa shape index (κ3) is 4.65. The van der Waals surface area contributed by atoms with E-state index in [0.29, 0.717) is 0 Å². The summed E-state index contributed by atoms with van der Waals surface area (Å²) in [4.78, 5) is 23.1. The zero-order valence-corrected chi connectivity index (χ0v) is 12.5. The Kier molecular flexibility index (Phi) is 6.23. The van der Waals surface area contributed by atoms with Crippen molar-refractivity contribution in [3.05, 3.63) is 33.6 Å². The first-order chi connectivity index (χ1) is 9.35. The van der Waals surface area contributed by atoms with E-state index in [1.54, 1.807) is 0 Å². The van der Waals surface area contributed by atoms with E-state index in [4.69, 9.17) is 27.9 Å². The normalized spacial score (nSPS) is 11.8. The number of ether oxygens (including phenoxy) is 1. The van der Waals surface area contributed by atoms with Crippen LogP contribution < -0.4 is 5.32 Å². The molecule has 0 radical (unpaired) electrons. The SMILES string of the molecule is CC[C@H](C)NC(=O)COC(=O)c1cc(F)c(Cl)cc1Cl. The number of benzene rings is 1. The summed E-state index contributed by atoms with van der Waals surface area (Å²) in [6.07, 6.45) is 0.758. The molecule has 1 aromatic carbocycles. The van der Waals surface area contributed by atoms with Crippen LogP contribution in [-0.2, 0) is 9.53 Å². The molecule has 1 aromatic rings. The van der Waals surface area contributed by atoms with E-state index >= 15 is 0 Å². The standard InChI is InChI=1S/C13H14Cl2FNO3/c1-3-7(2)17-12(18)6-20-13(19)8-4-11(16)10(15)5-9(8)14/h4-5,7H,3,6H2,1-2H3,(H,17,18)/t7-/m0/s1. The molecule has 0 bridgehead atoms. The number of amides is 1. The van der Waals surface area contributed by atoms with Crippen molar-refractivity contribution >= 4 is 35.1 Å². The van der Waals surface area contributed by atoms with Crippen molar-refractivity contribution in [1.29, 1.82) is 0 Å². The lowest BCUT2D eigenvalue weighted by atomic mass is 10.2. The fraction of sp³-hybridized carbons (Fsp3) is 0.385. The topological polar surface area (TPSA) is 55.4 Å². The molecule has 0 aliphatic heterocycles. The van der Waals surface area contributed by atoms with Crippen molar-refractivity contribution in [3.8, 4) is 0 Å². The molecule has 7 heteroatoms. The fourth-order valence-corrected chi connectivity index (χ4v) is 1.77. The summed E-state index contributed by atoms with van der Waals surface area (Å²) in [6.45, 7) is 3.28. The van der Waals surface area contributed by atoms with E-state index in [1.165, 1.54) is 0 Å². The number of hydrogen-bond donors (Lipinski definition) is 1. The summed E-state index contributed by atoms with van der Waals surface area (Å²) < 4.78 is 18.0. The molecule has 110 valence electrons. The van der Waals surface area contributed by atoms with Crippen LogP contribution in [0, 0.1) is 5.82 Å². The van der Waals surface area contributed by atoms with E-state index in [0.717, 1.165) is 18.6 Å². The predicted molar refractivity (Wildman–Crippen MR) is 74.6 cm³/mol. The third-order valence-electron chi connectivity index (χ3n) is 2.58. The minimum absolute atomic E-state index is 0.0160. The van der Waals surface area contributed by atoms with Gasteiger partial charge in [-0.3, -0.25) is 4.79 Å². The second-order valence-electron chi connectivity index (χ2n) is 4.20. The van der Waals surface area contributed by atoms with Gasteiger partial charge in [0.15, 0.2) is 6.61 Å². The predicted octanol–water partition coefficient (Wildman–Crippen LogP) is 3.20. The van der Waals surface area contributed by atoms with Crippen LogP contribution in [0.4, 0.5) is 4.39 Å². The minimum Gasteiger partial charge on any atom is -0.452 e. The van der Waals surface area contributed by atoms with Crippen LogP contribution in [0.5, 0.6) is 0 Å². The van der Waals surface area contributed by atoms with Crippen LogP contribution in [0.25, 0.3) is 0 Å². The summed E-state index contributed by atoms with van der Waals surface area (Å²) in [7, 11) is 0. The van der Waals surface area contributed by atoms with Crippen LogP contribution in [-0.4, -0.2) is 24.5 Å². The second-order valence-corrected chi connectivity index (χ2v) is 5.01. The van der Waals surface area contributed by atoms with Gasteiger partial charge in [-0.2, -0.15) is 0 Å². The molecule has 1 rings (SSSR count). The van der Waals surface area contributed by atoms with Crippen LogP contribution in [0.2, 0.25) is 10.0 Å². The van der Waals surface area contributed by atoms with Gasteiger partial charge in [-0.15, -0.1) is 0 Å². The summed E-state index contributed by atoms with van der Waals surface area (Å²) in [5.74, 6) is -2.10. The molecule has 1 amide bonds. The first-order valence-electron chi connectivity index (χ1n) is 5.96. The fourth-order valence-electron chi connectivity index (χ4n) is 1.31. The van der Waals surface area contributed by atoms with Crippen molar-refractivity contribution in [2.45, 2.75) is 26.3 Å². The van der Waals surface area contributed by atoms with Gasteiger partial charge < -0.3 is 10.1 Å². The monoisotopic (exact) mass is 321 g/mol. The lowest BCUT2D eigenvalue weighted by molar-refractivity contribution is -0.124. The Labute approximate surface area is 126 Å². The Bertz CT molecular complexity index is 523. The van der Waals surface area contributed by atoms with E-state index in [9.17, 15) is 14.0 Å². The highest BCUT2D eigenvalue weighted by atomic mass is 35.5. The van der Waals surface area contributed by atoms with E-state index in [-0.39, 0.29) is 21.7 Å². The summed E-state index contributed by atoms with van der Waals surface area (Å²) in [5.41, 5.74) is -0.176. The maximum atomic E-state index is 13.3. The average molecular weight is 322 g/mol. The number of esters is 1. The summed E-state index contributed by atoms with van der Waals surface area (Å²) >= 11 is 11.3. The average Bonchev–Trinajstić information content (AvgIpc) is 2.40. The van der Waals surface area contributed by atoms with E-state index < -0.39 is 24.3 Å². The highest BCUT2D eigenvalue weighted by Gasteiger charge is 2.17. The van der Waals surface area contributed by atoms with Gasteiger partial charge >= 0.3 is 5.97 Å². The number of hydrogen-bond acceptors (Lipinski definition) is 3. The molecule has 0 heterocycles. The number of carbonyl (C=O) groups is 2. The number of halogens is 3. The lowest BCUT2D eigenvalue weighted by Gasteiger charge is -2.11. The van der Waals surface area contributed by atoms with Crippen LogP contribution in [0.3, 0.4) is 0 Å². The molecule has 0 saturated carbocycles. The first-order valence-corrected chi connectivity index (χ1v) is 6.71.